The number of aryl methyl sites for hydroxylation is 2. The van der Waals surface area contributed by atoms with Crippen molar-refractivity contribution in [3.8, 4) is 0 Å². The van der Waals surface area contributed by atoms with E-state index in [0.29, 0.717) is 17.9 Å². The van der Waals surface area contributed by atoms with Crippen LogP contribution in [0.5, 0.6) is 0 Å². The summed E-state index contributed by atoms with van der Waals surface area (Å²) >= 11 is 0. The van der Waals surface area contributed by atoms with Crippen molar-refractivity contribution in [2.45, 2.75) is 39.3 Å². The summed E-state index contributed by atoms with van der Waals surface area (Å²) in [5, 5.41) is 0. The molecule has 7 heteroatoms. The number of ketones is 1. The first-order valence-electron chi connectivity index (χ1n) is 9.08. The summed E-state index contributed by atoms with van der Waals surface area (Å²) in [5.41, 5.74) is 0.612. The van der Waals surface area contributed by atoms with Crippen molar-refractivity contribution in [3.05, 3.63) is 53.0 Å². The molecular formula is C20H22F3N3O. The number of aromatic nitrogens is 2. The van der Waals surface area contributed by atoms with Gasteiger partial charge in [-0.15, -0.1) is 0 Å². The Balaban J connectivity index is 1.78. The number of alkyl halides is 3. The fourth-order valence-electron chi connectivity index (χ4n) is 3.45. The maximum Gasteiger partial charge on any atom is 0.416 e. The topological polar surface area (TPSA) is 46.1 Å². The standard InChI is InChI=1S/C20H22F3N3O/c1-3-14-11-24-13(2)25-19(14)26-10-4-5-16(12-26)18(27)15-6-8-17(9-7-15)20(21,22)23/h6-9,11,16H,3-5,10,12H2,1-2H3. The Hall–Kier alpha value is -2.44. The minimum Gasteiger partial charge on any atom is -0.356 e. The molecule has 3 rings (SSSR count). The molecule has 144 valence electrons. The number of carbonyl (C=O) groups excluding carboxylic acids is 1. The van der Waals surface area contributed by atoms with Gasteiger partial charge in [-0.2, -0.15) is 13.2 Å². The highest BCUT2D eigenvalue weighted by molar-refractivity contribution is 5.98. The molecule has 0 spiro atoms. The van der Waals surface area contributed by atoms with Crippen LogP contribution in [0.25, 0.3) is 0 Å². The molecule has 1 unspecified atom stereocenters. The minimum absolute atomic E-state index is 0.114. The average molecular weight is 377 g/mol. The van der Waals surface area contributed by atoms with Crippen LogP contribution in [0, 0.1) is 12.8 Å². The Morgan fingerprint density at radius 3 is 2.59 bits per heavy atom. The molecule has 1 aliphatic rings. The van der Waals surface area contributed by atoms with Gasteiger partial charge >= 0.3 is 6.18 Å². The third-order valence-electron chi connectivity index (χ3n) is 4.93. The number of benzene rings is 1. The SMILES string of the molecule is CCc1cnc(C)nc1N1CCCC(C(=O)c2ccc(C(F)(F)F)cc2)C1. The van der Waals surface area contributed by atoms with E-state index in [4.69, 9.17) is 0 Å². The van der Waals surface area contributed by atoms with Gasteiger partial charge in [0, 0.05) is 36.3 Å². The fraction of sp³-hybridized carbons (Fsp3) is 0.450. The molecule has 1 aliphatic heterocycles. The van der Waals surface area contributed by atoms with Crippen molar-refractivity contribution in [2.24, 2.45) is 5.92 Å². The molecule has 2 heterocycles. The summed E-state index contributed by atoms with van der Waals surface area (Å²) in [5.74, 6) is 1.17. The first-order valence-corrected chi connectivity index (χ1v) is 9.08. The molecule has 1 saturated heterocycles. The first-order chi connectivity index (χ1) is 12.8. The summed E-state index contributed by atoms with van der Waals surface area (Å²) in [7, 11) is 0. The highest BCUT2D eigenvalue weighted by atomic mass is 19.4. The lowest BCUT2D eigenvalue weighted by molar-refractivity contribution is -0.137. The molecule has 0 radical (unpaired) electrons. The Bertz CT molecular complexity index is 818. The van der Waals surface area contributed by atoms with Crippen molar-refractivity contribution in [2.75, 3.05) is 18.0 Å². The third kappa shape index (κ3) is 4.28. The third-order valence-corrected chi connectivity index (χ3v) is 4.93. The van der Waals surface area contributed by atoms with E-state index in [1.54, 1.807) is 0 Å². The van der Waals surface area contributed by atoms with E-state index in [0.717, 1.165) is 49.3 Å². The zero-order valence-corrected chi connectivity index (χ0v) is 15.4. The molecule has 0 amide bonds. The highest BCUT2D eigenvalue weighted by Gasteiger charge is 2.32. The average Bonchev–Trinajstić information content (AvgIpc) is 2.67. The van der Waals surface area contributed by atoms with Crippen LogP contribution in [0.4, 0.5) is 19.0 Å². The molecular weight excluding hydrogens is 355 g/mol. The number of piperidine rings is 1. The van der Waals surface area contributed by atoms with Crippen molar-refractivity contribution in [3.63, 3.8) is 0 Å². The van der Waals surface area contributed by atoms with E-state index in [9.17, 15) is 18.0 Å². The summed E-state index contributed by atoms with van der Waals surface area (Å²) in [6.07, 6.45) is -0.224. The smallest absolute Gasteiger partial charge is 0.356 e. The summed E-state index contributed by atoms with van der Waals surface area (Å²) in [4.78, 5) is 23.7. The Morgan fingerprint density at radius 2 is 1.96 bits per heavy atom. The van der Waals surface area contributed by atoms with Crippen LogP contribution in [0.2, 0.25) is 0 Å². The maximum absolute atomic E-state index is 12.8. The van der Waals surface area contributed by atoms with Crippen molar-refractivity contribution < 1.29 is 18.0 Å². The molecule has 0 aliphatic carbocycles. The number of hydrogen-bond acceptors (Lipinski definition) is 4. The number of hydrogen-bond donors (Lipinski definition) is 0. The quantitative estimate of drug-likeness (QED) is 0.738. The van der Waals surface area contributed by atoms with Gasteiger partial charge in [0.1, 0.15) is 11.6 Å². The molecule has 27 heavy (non-hydrogen) atoms. The second kappa shape index (κ2) is 7.66. The van der Waals surface area contributed by atoms with Crippen molar-refractivity contribution >= 4 is 11.6 Å². The van der Waals surface area contributed by atoms with Gasteiger partial charge in [-0.25, -0.2) is 9.97 Å². The zero-order chi connectivity index (χ0) is 19.6. The first kappa shape index (κ1) is 19.3. The van der Waals surface area contributed by atoms with Gasteiger partial charge in [0.15, 0.2) is 5.78 Å². The van der Waals surface area contributed by atoms with Crippen LogP contribution < -0.4 is 4.90 Å². The van der Waals surface area contributed by atoms with Gasteiger partial charge in [-0.1, -0.05) is 19.1 Å². The van der Waals surface area contributed by atoms with Crippen molar-refractivity contribution in [1.29, 1.82) is 0 Å². The van der Waals surface area contributed by atoms with E-state index >= 15 is 0 Å². The number of anilines is 1. The Morgan fingerprint density at radius 1 is 1.26 bits per heavy atom. The number of Topliss-reactive ketones (excluding diaryl/α,β-unsaturated/α-hetero) is 1. The number of nitrogens with zero attached hydrogens (tertiary/aromatic N) is 3. The van der Waals surface area contributed by atoms with Gasteiger partial charge in [-0.05, 0) is 38.3 Å². The second-order valence-corrected chi connectivity index (χ2v) is 6.84. The molecule has 0 bridgehead atoms. The van der Waals surface area contributed by atoms with Crippen LogP contribution in [0.3, 0.4) is 0 Å². The predicted octanol–water partition coefficient (Wildman–Crippen LogP) is 4.47. The van der Waals surface area contributed by atoms with Gasteiger partial charge < -0.3 is 4.90 Å². The molecule has 0 saturated carbocycles. The van der Waals surface area contributed by atoms with Crippen LogP contribution >= 0.6 is 0 Å². The minimum atomic E-state index is -4.40. The molecule has 1 aromatic heterocycles. The van der Waals surface area contributed by atoms with Crippen LogP contribution in [-0.2, 0) is 12.6 Å². The number of rotatable bonds is 4. The highest BCUT2D eigenvalue weighted by Crippen LogP contribution is 2.31. The lowest BCUT2D eigenvalue weighted by atomic mass is 9.89. The molecule has 1 atom stereocenters. The van der Waals surface area contributed by atoms with E-state index in [1.807, 2.05) is 20.0 Å². The van der Waals surface area contributed by atoms with E-state index in [1.165, 1.54) is 12.1 Å². The molecule has 0 N–H and O–H groups in total. The van der Waals surface area contributed by atoms with E-state index < -0.39 is 11.7 Å². The molecule has 1 aromatic carbocycles. The van der Waals surface area contributed by atoms with Crippen LogP contribution in [-0.4, -0.2) is 28.8 Å². The van der Waals surface area contributed by atoms with Crippen LogP contribution in [0.15, 0.2) is 30.5 Å². The Labute approximate surface area is 156 Å². The molecule has 1 fully saturated rings. The van der Waals surface area contributed by atoms with E-state index in [-0.39, 0.29) is 11.7 Å². The van der Waals surface area contributed by atoms with Gasteiger partial charge in [0.05, 0.1) is 5.56 Å². The maximum atomic E-state index is 12.8. The monoisotopic (exact) mass is 377 g/mol. The second-order valence-electron chi connectivity index (χ2n) is 6.84. The lowest BCUT2D eigenvalue weighted by Crippen LogP contribution is -2.39. The normalized spacial score (nSPS) is 17.8. The largest absolute Gasteiger partial charge is 0.416 e. The summed E-state index contributed by atoms with van der Waals surface area (Å²) in [6, 6.07) is 4.49. The lowest BCUT2D eigenvalue weighted by Gasteiger charge is -2.34. The number of carbonyl (C=O) groups is 1. The zero-order valence-electron chi connectivity index (χ0n) is 15.4. The predicted molar refractivity (Wildman–Crippen MR) is 96.9 cm³/mol. The number of halogens is 3. The van der Waals surface area contributed by atoms with Gasteiger partial charge in [0.2, 0.25) is 0 Å². The summed E-state index contributed by atoms with van der Waals surface area (Å²) in [6.45, 7) is 5.19. The molecule has 4 nitrogen and oxygen atoms in total. The Kier molecular flexibility index (Phi) is 5.48. The van der Waals surface area contributed by atoms with E-state index in [2.05, 4.69) is 14.9 Å². The van der Waals surface area contributed by atoms with Gasteiger partial charge in [-0.3, -0.25) is 4.79 Å². The van der Waals surface area contributed by atoms with Gasteiger partial charge in [0.25, 0.3) is 0 Å². The van der Waals surface area contributed by atoms with Crippen molar-refractivity contribution in [1.82, 2.24) is 9.97 Å². The fourth-order valence-corrected chi connectivity index (χ4v) is 3.45. The van der Waals surface area contributed by atoms with Crippen LogP contribution in [0.1, 0.15) is 47.1 Å². The summed E-state index contributed by atoms with van der Waals surface area (Å²) < 4.78 is 38.1. The molecule has 2 aromatic rings.